The van der Waals surface area contributed by atoms with Gasteiger partial charge in [0, 0.05) is 26.6 Å². The zero-order chi connectivity index (χ0) is 21.6. The summed E-state index contributed by atoms with van der Waals surface area (Å²) in [6.07, 6.45) is 0. The van der Waals surface area contributed by atoms with E-state index in [2.05, 4.69) is 21.2 Å². The third-order valence-electron chi connectivity index (χ3n) is 4.29. The van der Waals surface area contributed by atoms with E-state index in [1.165, 1.54) is 0 Å². The summed E-state index contributed by atoms with van der Waals surface area (Å²) < 4.78 is 12.4. The van der Waals surface area contributed by atoms with Crippen molar-refractivity contribution in [3.63, 3.8) is 0 Å². The molecule has 0 radical (unpaired) electrons. The predicted octanol–water partition coefficient (Wildman–Crippen LogP) is 5.93. The van der Waals surface area contributed by atoms with E-state index in [4.69, 9.17) is 32.7 Å². The second-order valence-corrected chi connectivity index (χ2v) is 8.42. The minimum Gasteiger partial charge on any atom is -0.490 e. The number of carboxylic acids is 1. The van der Waals surface area contributed by atoms with E-state index in [1.807, 2.05) is 26.8 Å². The van der Waals surface area contributed by atoms with Crippen LogP contribution in [0.3, 0.4) is 0 Å². The highest BCUT2D eigenvalue weighted by Crippen LogP contribution is 2.35. The number of halogens is 3. The quantitative estimate of drug-likeness (QED) is 0.419. The second kappa shape index (κ2) is 11.1. The molecule has 2 rings (SSSR count). The summed E-state index contributed by atoms with van der Waals surface area (Å²) in [7, 11) is 0. The molecule has 29 heavy (non-hydrogen) atoms. The molecule has 2 aromatic carbocycles. The number of carbonyl (C=O) groups is 1. The van der Waals surface area contributed by atoms with Crippen molar-refractivity contribution in [2.45, 2.75) is 40.0 Å². The molecule has 0 amide bonds. The maximum Gasteiger partial charge on any atom is 0.320 e. The van der Waals surface area contributed by atoms with Crippen LogP contribution in [0.1, 0.15) is 31.9 Å². The highest BCUT2D eigenvalue weighted by Gasteiger charge is 2.21. The summed E-state index contributed by atoms with van der Waals surface area (Å²) in [5.74, 6) is 0.183. The Labute approximate surface area is 189 Å². The molecule has 2 aromatic rings. The van der Waals surface area contributed by atoms with Gasteiger partial charge in [0.05, 0.1) is 6.61 Å². The SMILES string of the molecule is CCOc1cc(CNC(C(=O)O)C(C)C)c(Br)cc1OCc1c(Cl)cccc1Cl. The third-order valence-corrected chi connectivity index (χ3v) is 5.74. The van der Waals surface area contributed by atoms with E-state index >= 15 is 0 Å². The normalized spacial score (nSPS) is 12.1. The van der Waals surface area contributed by atoms with E-state index in [0.29, 0.717) is 40.3 Å². The first-order chi connectivity index (χ1) is 13.7. The van der Waals surface area contributed by atoms with Gasteiger partial charge in [-0.15, -0.1) is 0 Å². The van der Waals surface area contributed by atoms with E-state index in [-0.39, 0.29) is 12.5 Å². The first-order valence-corrected chi connectivity index (χ1v) is 10.8. The molecule has 0 heterocycles. The minimum atomic E-state index is -0.877. The van der Waals surface area contributed by atoms with Gasteiger partial charge < -0.3 is 19.9 Å². The summed E-state index contributed by atoms with van der Waals surface area (Å²) in [5.41, 5.74) is 1.56. The number of hydrogen-bond donors (Lipinski definition) is 2. The van der Waals surface area contributed by atoms with Crippen molar-refractivity contribution in [1.29, 1.82) is 0 Å². The molecule has 2 N–H and O–H groups in total. The Kier molecular flexibility index (Phi) is 9.08. The van der Waals surface area contributed by atoms with Crippen LogP contribution in [0.4, 0.5) is 0 Å². The lowest BCUT2D eigenvalue weighted by Gasteiger charge is -2.20. The van der Waals surface area contributed by atoms with E-state index in [0.717, 1.165) is 10.0 Å². The van der Waals surface area contributed by atoms with Crippen LogP contribution in [0, 0.1) is 5.92 Å². The molecule has 0 saturated heterocycles. The van der Waals surface area contributed by atoms with Gasteiger partial charge in [0.1, 0.15) is 12.6 Å². The lowest BCUT2D eigenvalue weighted by molar-refractivity contribution is -0.140. The molecule has 0 bridgehead atoms. The van der Waals surface area contributed by atoms with Crippen LogP contribution < -0.4 is 14.8 Å². The number of ether oxygens (including phenoxy) is 2. The standard InChI is InChI=1S/C21H24BrCl2NO4/c1-4-28-18-8-13(10-25-20(12(2)3)21(26)27)15(22)9-19(18)29-11-14-16(23)6-5-7-17(14)24/h5-9,12,20,25H,4,10-11H2,1-3H3,(H,26,27). The Morgan fingerprint density at radius 1 is 1.17 bits per heavy atom. The smallest absolute Gasteiger partial charge is 0.320 e. The fraction of sp³-hybridized carbons (Fsp3) is 0.381. The lowest BCUT2D eigenvalue weighted by atomic mass is 10.0. The van der Waals surface area contributed by atoms with Crippen molar-refractivity contribution >= 4 is 45.1 Å². The Bertz CT molecular complexity index is 841. The molecule has 0 aliphatic heterocycles. The number of hydrogen-bond acceptors (Lipinski definition) is 4. The summed E-state index contributed by atoms with van der Waals surface area (Å²) in [4.78, 5) is 11.4. The summed E-state index contributed by atoms with van der Waals surface area (Å²) in [5, 5.41) is 13.5. The average Bonchev–Trinajstić information content (AvgIpc) is 2.64. The predicted molar refractivity (Wildman–Crippen MR) is 119 cm³/mol. The molecule has 0 saturated carbocycles. The van der Waals surface area contributed by atoms with Crippen molar-refractivity contribution < 1.29 is 19.4 Å². The second-order valence-electron chi connectivity index (χ2n) is 6.75. The number of rotatable bonds is 10. The van der Waals surface area contributed by atoms with Gasteiger partial charge in [0.2, 0.25) is 0 Å². The molecule has 0 aromatic heterocycles. The molecule has 8 heteroatoms. The molecule has 0 fully saturated rings. The zero-order valence-electron chi connectivity index (χ0n) is 16.5. The Morgan fingerprint density at radius 2 is 1.79 bits per heavy atom. The number of nitrogens with one attached hydrogen (secondary N) is 1. The fourth-order valence-electron chi connectivity index (χ4n) is 2.74. The summed E-state index contributed by atoms with van der Waals surface area (Å²) in [6, 6.07) is 8.29. The van der Waals surface area contributed by atoms with E-state index in [9.17, 15) is 9.90 Å². The largest absolute Gasteiger partial charge is 0.490 e. The topological polar surface area (TPSA) is 67.8 Å². The van der Waals surface area contributed by atoms with E-state index in [1.54, 1.807) is 24.3 Å². The minimum absolute atomic E-state index is 0.0411. The van der Waals surface area contributed by atoms with Crippen molar-refractivity contribution in [2.24, 2.45) is 5.92 Å². The van der Waals surface area contributed by atoms with Crippen molar-refractivity contribution in [1.82, 2.24) is 5.32 Å². The summed E-state index contributed by atoms with van der Waals surface area (Å²) in [6.45, 7) is 6.63. The molecule has 0 aliphatic carbocycles. The van der Waals surface area contributed by atoms with Crippen LogP contribution in [0.2, 0.25) is 10.0 Å². The van der Waals surface area contributed by atoms with Gasteiger partial charge in [-0.05, 0) is 42.7 Å². The molecule has 5 nitrogen and oxygen atoms in total. The van der Waals surface area contributed by atoms with Crippen molar-refractivity contribution in [3.05, 3.63) is 56.0 Å². The van der Waals surface area contributed by atoms with Gasteiger partial charge in [-0.1, -0.05) is 59.0 Å². The van der Waals surface area contributed by atoms with Crippen LogP contribution in [-0.4, -0.2) is 23.7 Å². The van der Waals surface area contributed by atoms with Gasteiger partial charge in [-0.2, -0.15) is 0 Å². The Hall–Kier alpha value is -1.47. The number of benzene rings is 2. The highest BCUT2D eigenvalue weighted by atomic mass is 79.9. The number of aliphatic carboxylic acids is 1. The first kappa shape index (κ1) is 23.8. The lowest BCUT2D eigenvalue weighted by Crippen LogP contribution is -2.40. The molecule has 158 valence electrons. The van der Waals surface area contributed by atoms with E-state index < -0.39 is 12.0 Å². The van der Waals surface area contributed by atoms with Crippen LogP contribution in [0.15, 0.2) is 34.8 Å². The highest BCUT2D eigenvalue weighted by molar-refractivity contribution is 9.10. The van der Waals surface area contributed by atoms with Crippen molar-refractivity contribution in [2.75, 3.05) is 6.61 Å². The zero-order valence-corrected chi connectivity index (χ0v) is 19.6. The van der Waals surface area contributed by atoms with Gasteiger partial charge in [0.25, 0.3) is 0 Å². The van der Waals surface area contributed by atoms with Crippen LogP contribution in [-0.2, 0) is 17.9 Å². The van der Waals surface area contributed by atoms with Gasteiger partial charge in [0.15, 0.2) is 11.5 Å². The molecule has 1 atom stereocenters. The number of carboxylic acid groups (broad SMARTS) is 1. The van der Waals surface area contributed by atoms with Gasteiger partial charge in [-0.25, -0.2) is 0 Å². The summed E-state index contributed by atoms with van der Waals surface area (Å²) >= 11 is 16.0. The first-order valence-electron chi connectivity index (χ1n) is 9.21. The maximum absolute atomic E-state index is 11.4. The maximum atomic E-state index is 11.4. The third kappa shape index (κ3) is 6.51. The Balaban J connectivity index is 2.21. The van der Waals surface area contributed by atoms with Crippen LogP contribution in [0.25, 0.3) is 0 Å². The molecule has 0 spiro atoms. The average molecular weight is 505 g/mol. The van der Waals surface area contributed by atoms with Crippen molar-refractivity contribution in [3.8, 4) is 11.5 Å². The Morgan fingerprint density at radius 3 is 2.34 bits per heavy atom. The molecule has 1 unspecified atom stereocenters. The molecular formula is C21H24BrCl2NO4. The molecular weight excluding hydrogens is 481 g/mol. The van der Waals surface area contributed by atoms with Gasteiger partial charge >= 0.3 is 5.97 Å². The molecule has 0 aliphatic rings. The van der Waals surface area contributed by atoms with Crippen LogP contribution >= 0.6 is 39.1 Å². The van der Waals surface area contributed by atoms with Crippen LogP contribution in [0.5, 0.6) is 11.5 Å². The monoisotopic (exact) mass is 503 g/mol. The van der Waals surface area contributed by atoms with Gasteiger partial charge in [-0.3, -0.25) is 4.79 Å². The fourth-order valence-corrected chi connectivity index (χ4v) is 3.71.